The SMILES string of the molecule is NC(=O)c1cncc(NC(=O)C(=O)N2CC(OC(F)(F)F)CCC2c2ccccc2)c1. The maximum Gasteiger partial charge on any atom is 0.522 e. The molecule has 0 aliphatic carbocycles. The number of nitrogens with one attached hydrogen (secondary N) is 1. The van der Waals surface area contributed by atoms with Crippen LogP contribution in [0.25, 0.3) is 0 Å². The lowest BCUT2D eigenvalue weighted by atomic mass is 9.93. The van der Waals surface area contributed by atoms with Gasteiger partial charge in [0.1, 0.15) is 0 Å². The average Bonchev–Trinajstić information content (AvgIpc) is 2.72. The first kappa shape index (κ1) is 22.2. The number of primary amides is 1. The molecule has 31 heavy (non-hydrogen) atoms. The number of anilines is 1. The number of hydrogen-bond donors (Lipinski definition) is 2. The molecule has 2 aromatic rings. The molecule has 1 aliphatic heterocycles. The van der Waals surface area contributed by atoms with Crippen LogP contribution in [-0.2, 0) is 14.3 Å². The Morgan fingerprint density at radius 2 is 1.84 bits per heavy atom. The number of amides is 3. The number of rotatable bonds is 4. The van der Waals surface area contributed by atoms with Gasteiger partial charge in [0.2, 0.25) is 5.91 Å². The minimum absolute atomic E-state index is 0.0176. The number of carbonyl (C=O) groups is 3. The fourth-order valence-corrected chi connectivity index (χ4v) is 3.43. The van der Waals surface area contributed by atoms with Crippen molar-refractivity contribution < 1.29 is 32.3 Å². The number of halogens is 3. The number of carbonyl (C=O) groups excluding carboxylic acids is 3. The molecule has 3 amide bonds. The molecule has 0 bridgehead atoms. The van der Waals surface area contributed by atoms with Crippen LogP contribution in [0, 0.1) is 0 Å². The third kappa shape index (κ3) is 5.79. The largest absolute Gasteiger partial charge is 0.522 e. The van der Waals surface area contributed by atoms with Gasteiger partial charge < -0.3 is 16.0 Å². The second kappa shape index (κ2) is 9.13. The molecule has 1 aliphatic rings. The van der Waals surface area contributed by atoms with Gasteiger partial charge >= 0.3 is 18.2 Å². The molecule has 3 rings (SSSR count). The topological polar surface area (TPSA) is 115 Å². The highest BCUT2D eigenvalue weighted by Gasteiger charge is 2.41. The molecule has 1 saturated heterocycles. The fourth-order valence-electron chi connectivity index (χ4n) is 3.43. The van der Waals surface area contributed by atoms with Crippen molar-refractivity contribution in [3.8, 4) is 0 Å². The Morgan fingerprint density at radius 3 is 2.48 bits per heavy atom. The summed E-state index contributed by atoms with van der Waals surface area (Å²) in [6.45, 7) is -0.412. The zero-order valence-electron chi connectivity index (χ0n) is 16.1. The second-order valence-corrected chi connectivity index (χ2v) is 6.93. The van der Waals surface area contributed by atoms with Gasteiger partial charge in [0.05, 0.1) is 29.6 Å². The van der Waals surface area contributed by atoms with E-state index in [-0.39, 0.29) is 24.1 Å². The number of hydrogen-bond acceptors (Lipinski definition) is 5. The molecule has 0 saturated carbocycles. The van der Waals surface area contributed by atoms with Gasteiger partial charge in [-0.15, -0.1) is 13.2 Å². The molecule has 8 nitrogen and oxygen atoms in total. The van der Waals surface area contributed by atoms with Crippen LogP contribution < -0.4 is 11.1 Å². The third-order valence-corrected chi connectivity index (χ3v) is 4.76. The molecule has 11 heteroatoms. The number of piperidine rings is 1. The summed E-state index contributed by atoms with van der Waals surface area (Å²) in [4.78, 5) is 41.5. The van der Waals surface area contributed by atoms with Gasteiger partial charge in [0, 0.05) is 12.7 Å². The fraction of sp³-hybridized carbons (Fsp3) is 0.300. The van der Waals surface area contributed by atoms with E-state index in [2.05, 4.69) is 15.0 Å². The summed E-state index contributed by atoms with van der Waals surface area (Å²) < 4.78 is 42.2. The lowest BCUT2D eigenvalue weighted by Crippen LogP contribution is -2.50. The summed E-state index contributed by atoms with van der Waals surface area (Å²) >= 11 is 0. The van der Waals surface area contributed by atoms with Crippen molar-refractivity contribution in [2.24, 2.45) is 5.73 Å². The Labute approximate surface area is 175 Å². The monoisotopic (exact) mass is 436 g/mol. The Kier molecular flexibility index (Phi) is 6.54. The van der Waals surface area contributed by atoms with Crippen LogP contribution in [-0.4, -0.2) is 46.6 Å². The first-order valence-electron chi connectivity index (χ1n) is 9.30. The van der Waals surface area contributed by atoms with Gasteiger partial charge in [0.25, 0.3) is 0 Å². The summed E-state index contributed by atoms with van der Waals surface area (Å²) in [7, 11) is 0. The minimum Gasteiger partial charge on any atom is -0.366 e. The van der Waals surface area contributed by atoms with Crippen molar-refractivity contribution in [3.63, 3.8) is 0 Å². The maximum absolute atomic E-state index is 12.9. The quantitative estimate of drug-likeness (QED) is 0.715. The highest BCUT2D eigenvalue weighted by Crippen LogP contribution is 2.34. The zero-order valence-corrected chi connectivity index (χ0v) is 16.1. The Bertz CT molecular complexity index is 968. The van der Waals surface area contributed by atoms with Gasteiger partial charge in [-0.1, -0.05) is 30.3 Å². The van der Waals surface area contributed by atoms with Crippen molar-refractivity contribution in [1.82, 2.24) is 9.88 Å². The number of benzene rings is 1. The number of nitrogens with zero attached hydrogens (tertiary/aromatic N) is 2. The summed E-state index contributed by atoms with van der Waals surface area (Å²) in [5.41, 5.74) is 5.92. The minimum atomic E-state index is -4.86. The smallest absolute Gasteiger partial charge is 0.366 e. The normalized spacial score (nSPS) is 19.0. The predicted octanol–water partition coefficient (Wildman–Crippen LogP) is 2.39. The molecule has 2 atom stereocenters. The lowest BCUT2D eigenvalue weighted by molar-refractivity contribution is -0.346. The lowest BCUT2D eigenvalue weighted by Gasteiger charge is -2.39. The number of ether oxygens (including phenoxy) is 1. The molecule has 0 spiro atoms. The molecule has 0 radical (unpaired) electrons. The van der Waals surface area contributed by atoms with Crippen LogP contribution in [0.1, 0.15) is 34.8 Å². The van der Waals surface area contributed by atoms with E-state index >= 15 is 0 Å². The number of pyridine rings is 1. The summed E-state index contributed by atoms with van der Waals surface area (Å²) in [5.74, 6) is -2.90. The zero-order chi connectivity index (χ0) is 22.6. The Balaban J connectivity index is 1.81. The van der Waals surface area contributed by atoms with Crippen LogP contribution in [0.3, 0.4) is 0 Å². The van der Waals surface area contributed by atoms with Crippen molar-refractivity contribution in [1.29, 1.82) is 0 Å². The van der Waals surface area contributed by atoms with E-state index in [4.69, 9.17) is 5.73 Å². The number of likely N-dealkylation sites (tertiary alicyclic amines) is 1. The van der Waals surface area contributed by atoms with E-state index in [0.29, 0.717) is 5.56 Å². The Morgan fingerprint density at radius 1 is 1.13 bits per heavy atom. The predicted molar refractivity (Wildman–Crippen MR) is 102 cm³/mol. The molecule has 3 N–H and O–H groups in total. The molecule has 1 aromatic carbocycles. The summed E-state index contributed by atoms with van der Waals surface area (Å²) in [6, 6.07) is 9.33. The van der Waals surface area contributed by atoms with E-state index < -0.39 is 42.8 Å². The first-order valence-corrected chi connectivity index (χ1v) is 9.30. The molecule has 2 heterocycles. The molecular formula is C20H19F3N4O4. The van der Waals surface area contributed by atoms with Crippen LogP contribution >= 0.6 is 0 Å². The van der Waals surface area contributed by atoms with Gasteiger partial charge in [-0.2, -0.15) is 0 Å². The highest BCUT2D eigenvalue weighted by molar-refractivity contribution is 6.39. The van der Waals surface area contributed by atoms with E-state index in [9.17, 15) is 27.6 Å². The van der Waals surface area contributed by atoms with Crippen molar-refractivity contribution in [2.45, 2.75) is 31.3 Å². The van der Waals surface area contributed by atoms with Crippen LogP contribution in [0.2, 0.25) is 0 Å². The van der Waals surface area contributed by atoms with E-state index in [1.807, 2.05) is 0 Å². The standard InChI is InChI=1S/C20H19F3N4O4/c21-20(22,23)31-15-6-7-16(12-4-2-1-3-5-12)27(11-15)19(30)18(29)26-14-8-13(17(24)28)9-25-10-14/h1-5,8-10,15-16H,6-7,11H2,(H2,24,28)(H,26,29). The van der Waals surface area contributed by atoms with Crippen molar-refractivity contribution in [3.05, 3.63) is 59.9 Å². The third-order valence-electron chi connectivity index (χ3n) is 4.76. The number of nitrogens with two attached hydrogens (primary N) is 1. The number of aromatic nitrogens is 1. The first-order chi connectivity index (χ1) is 14.6. The highest BCUT2D eigenvalue weighted by atomic mass is 19.4. The summed E-state index contributed by atoms with van der Waals surface area (Å²) in [5, 5.41) is 2.31. The van der Waals surface area contributed by atoms with Gasteiger partial charge in [0.15, 0.2) is 0 Å². The number of alkyl halides is 3. The van der Waals surface area contributed by atoms with Crippen molar-refractivity contribution >= 4 is 23.4 Å². The van der Waals surface area contributed by atoms with Gasteiger partial charge in [-0.3, -0.25) is 24.1 Å². The van der Waals surface area contributed by atoms with E-state index in [0.717, 1.165) is 4.90 Å². The second-order valence-electron chi connectivity index (χ2n) is 6.93. The Hall–Kier alpha value is -3.47. The summed E-state index contributed by atoms with van der Waals surface area (Å²) in [6.07, 6.45) is -3.51. The van der Waals surface area contributed by atoms with Gasteiger partial charge in [-0.25, -0.2) is 0 Å². The van der Waals surface area contributed by atoms with Crippen LogP contribution in [0.5, 0.6) is 0 Å². The van der Waals surface area contributed by atoms with Crippen LogP contribution in [0.4, 0.5) is 18.9 Å². The molecule has 2 unspecified atom stereocenters. The molecular weight excluding hydrogens is 417 g/mol. The molecule has 164 valence electrons. The van der Waals surface area contributed by atoms with Crippen LogP contribution in [0.15, 0.2) is 48.8 Å². The van der Waals surface area contributed by atoms with E-state index in [1.54, 1.807) is 30.3 Å². The van der Waals surface area contributed by atoms with Gasteiger partial charge in [-0.05, 0) is 24.5 Å². The van der Waals surface area contributed by atoms with E-state index in [1.165, 1.54) is 18.5 Å². The maximum atomic E-state index is 12.9. The molecule has 1 aromatic heterocycles. The molecule has 1 fully saturated rings. The van der Waals surface area contributed by atoms with Crippen molar-refractivity contribution in [2.75, 3.05) is 11.9 Å². The average molecular weight is 436 g/mol.